The molecular weight excluding hydrogens is 641 g/mol. The molecule has 9 aromatic rings. The zero-order valence-corrected chi connectivity index (χ0v) is 29.7. The lowest BCUT2D eigenvalue weighted by Crippen LogP contribution is -2.26. The Morgan fingerprint density at radius 2 is 0.830 bits per heavy atom. The van der Waals surface area contributed by atoms with E-state index in [0.717, 1.165) is 22.7 Å². The SMILES string of the molecule is Cc1ccc2c(c1)c1cc(C)ccc1n2-c1ccc(N(c2ccccc2)c2ccc3c(c2)C2(c4ccccc4-c4ccccc42)c2ccccc2-3)cc1. The van der Waals surface area contributed by atoms with Gasteiger partial charge in [-0.2, -0.15) is 0 Å². The highest BCUT2D eigenvalue weighted by Gasteiger charge is 2.51. The van der Waals surface area contributed by atoms with Gasteiger partial charge in [0.25, 0.3) is 0 Å². The summed E-state index contributed by atoms with van der Waals surface area (Å²) < 4.78 is 2.41. The van der Waals surface area contributed by atoms with E-state index >= 15 is 0 Å². The van der Waals surface area contributed by atoms with Crippen LogP contribution in [-0.2, 0) is 5.41 Å². The van der Waals surface area contributed by atoms with Crippen molar-refractivity contribution in [1.29, 1.82) is 0 Å². The first kappa shape index (κ1) is 30.0. The van der Waals surface area contributed by atoms with E-state index in [1.54, 1.807) is 0 Å². The zero-order chi connectivity index (χ0) is 35.3. The number of nitrogens with zero attached hydrogens (tertiary/aromatic N) is 2. The molecule has 0 amide bonds. The summed E-state index contributed by atoms with van der Waals surface area (Å²) in [4.78, 5) is 2.41. The van der Waals surface area contributed by atoms with Gasteiger partial charge in [-0.3, -0.25) is 0 Å². The molecule has 11 rings (SSSR count). The van der Waals surface area contributed by atoms with Crippen LogP contribution >= 0.6 is 0 Å². The topological polar surface area (TPSA) is 8.17 Å². The van der Waals surface area contributed by atoms with Crippen LogP contribution in [0.5, 0.6) is 0 Å². The van der Waals surface area contributed by atoms with Crippen LogP contribution in [0.25, 0.3) is 49.7 Å². The molecule has 0 atom stereocenters. The molecule has 2 nitrogen and oxygen atoms in total. The van der Waals surface area contributed by atoms with E-state index in [4.69, 9.17) is 0 Å². The number of anilines is 3. The zero-order valence-electron chi connectivity index (χ0n) is 29.7. The molecule has 1 spiro atoms. The molecule has 2 heteroatoms. The number of hydrogen-bond acceptors (Lipinski definition) is 1. The lowest BCUT2D eigenvalue weighted by molar-refractivity contribution is 0.793. The third kappa shape index (κ3) is 4.15. The molecule has 0 aliphatic heterocycles. The fourth-order valence-corrected chi connectivity index (χ4v) is 9.53. The standard InChI is InChI=1S/C51H36N2/c1-33-20-28-49-43(30-33)44-31-34(2)21-29-50(44)53(49)37-24-22-36(23-25-37)52(35-12-4-3-5-13-35)38-26-27-42-41-16-8-11-19-47(41)51(48(42)32-38)45-17-9-6-14-39(45)40-15-7-10-18-46(40)51/h3-32H,1-2H3. The normalized spacial score (nSPS) is 13.2. The van der Waals surface area contributed by atoms with Gasteiger partial charge in [-0.1, -0.05) is 120 Å². The average molecular weight is 677 g/mol. The van der Waals surface area contributed by atoms with Gasteiger partial charge in [-0.15, -0.1) is 0 Å². The Kier molecular flexibility index (Phi) is 6.33. The molecular formula is C51H36N2. The second-order valence-electron chi connectivity index (χ2n) is 14.7. The minimum absolute atomic E-state index is 0.394. The summed E-state index contributed by atoms with van der Waals surface area (Å²) in [6.07, 6.45) is 0. The largest absolute Gasteiger partial charge is 0.310 e. The molecule has 8 aromatic carbocycles. The van der Waals surface area contributed by atoms with Crippen molar-refractivity contribution < 1.29 is 0 Å². The maximum absolute atomic E-state index is 2.47. The number of benzene rings is 8. The molecule has 53 heavy (non-hydrogen) atoms. The van der Waals surface area contributed by atoms with Gasteiger partial charge in [-0.05, 0) is 131 Å². The van der Waals surface area contributed by atoms with E-state index in [9.17, 15) is 0 Å². The Hall–Kier alpha value is -6.64. The highest BCUT2D eigenvalue weighted by molar-refractivity contribution is 6.09. The molecule has 0 fully saturated rings. The van der Waals surface area contributed by atoms with Crippen LogP contribution in [-0.4, -0.2) is 4.57 Å². The molecule has 0 saturated carbocycles. The molecule has 0 N–H and O–H groups in total. The minimum Gasteiger partial charge on any atom is -0.310 e. The summed E-state index contributed by atoms with van der Waals surface area (Å²) in [6.45, 7) is 4.35. The Labute approximate surface area is 309 Å². The highest BCUT2D eigenvalue weighted by atomic mass is 15.1. The second-order valence-corrected chi connectivity index (χ2v) is 14.7. The lowest BCUT2D eigenvalue weighted by atomic mass is 9.70. The maximum atomic E-state index is 2.47. The molecule has 1 aromatic heterocycles. The van der Waals surface area contributed by atoms with E-state index in [1.165, 1.54) is 77.4 Å². The third-order valence-electron chi connectivity index (χ3n) is 11.7. The van der Waals surface area contributed by atoms with Crippen LogP contribution in [0.3, 0.4) is 0 Å². The fourth-order valence-electron chi connectivity index (χ4n) is 9.53. The van der Waals surface area contributed by atoms with E-state index in [1.807, 2.05) is 0 Å². The molecule has 0 saturated heterocycles. The van der Waals surface area contributed by atoms with Gasteiger partial charge in [0, 0.05) is 33.5 Å². The monoisotopic (exact) mass is 676 g/mol. The van der Waals surface area contributed by atoms with Crippen molar-refractivity contribution in [3.05, 3.63) is 215 Å². The highest BCUT2D eigenvalue weighted by Crippen LogP contribution is 2.63. The number of para-hydroxylation sites is 1. The summed E-state index contributed by atoms with van der Waals surface area (Å²) in [5.41, 5.74) is 19.8. The van der Waals surface area contributed by atoms with E-state index < -0.39 is 5.41 Å². The van der Waals surface area contributed by atoms with E-state index in [0.29, 0.717) is 0 Å². The Balaban J connectivity index is 1.11. The summed E-state index contributed by atoms with van der Waals surface area (Å²) in [6, 6.07) is 67.7. The summed E-state index contributed by atoms with van der Waals surface area (Å²) in [5, 5.41) is 2.59. The molecule has 2 aliphatic rings. The van der Waals surface area contributed by atoms with Crippen LogP contribution in [0.2, 0.25) is 0 Å². The molecule has 250 valence electrons. The van der Waals surface area contributed by atoms with Gasteiger partial charge in [0.1, 0.15) is 0 Å². The first-order valence-corrected chi connectivity index (χ1v) is 18.5. The Morgan fingerprint density at radius 1 is 0.377 bits per heavy atom. The van der Waals surface area contributed by atoms with Crippen molar-refractivity contribution in [3.8, 4) is 27.9 Å². The minimum atomic E-state index is -0.394. The molecule has 0 bridgehead atoms. The van der Waals surface area contributed by atoms with E-state index in [2.05, 4.69) is 205 Å². The quantitative estimate of drug-likeness (QED) is 0.180. The van der Waals surface area contributed by atoms with Gasteiger partial charge < -0.3 is 9.47 Å². The predicted octanol–water partition coefficient (Wildman–Crippen LogP) is 13.2. The lowest BCUT2D eigenvalue weighted by Gasteiger charge is -2.32. The smallest absolute Gasteiger partial charge is 0.0726 e. The average Bonchev–Trinajstić information content (AvgIpc) is 3.80. The Morgan fingerprint density at radius 3 is 1.38 bits per heavy atom. The van der Waals surface area contributed by atoms with Gasteiger partial charge in [0.2, 0.25) is 0 Å². The van der Waals surface area contributed by atoms with Gasteiger partial charge in [0.05, 0.1) is 16.4 Å². The van der Waals surface area contributed by atoms with Crippen LogP contribution in [0.4, 0.5) is 17.1 Å². The number of rotatable bonds is 4. The number of aromatic nitrogens is 1. The summed E-state index contributed by atoms with van der Waals surface area (Å²) >= 11 is 0. The van der Waals surface area contributed by atoms with Crippen molar-refractivity contribution in [2.45, 2.75) is 19.3 Å². The van der Waals surface area contributed by atoms with Crippen LogP contribution < -0.4 is 4.90 Å². The van der Waals surface area contributed by atoms with Crippen molar-refractivity contribution in [2.24, 2.45) is 0 Å². The Bertz CT molecular complexity index is 2790. The fraction of sp³-hybridized carbons (Fsp3) is 0.0588. The van der Waals surface area contributed by atoms with Crippen molar-refractivity contribution >= 4 is 38.9 Å². The molecule has 1 heterocycles. The predicted molar refractivity (Wildman–Crippen MR) is 221 cm³/mol. The first-order valence-electron chi connectivity index (χ1n) is 18.5. The summed E-state index contributed by atoms with van der Waals surface area (Å²) in [5.74, 6) is 0. The summed E-state index contributed by atoms with van der Waals surface area (Å²) in [7, 11) is 0. The first-order chi connectivity index (χ1) is 26.1. The molecule has 2 aliphatic carbocycles. The molecule has 0 radical (unpaired) electrons. The van der Waals surface area contributed by atoms with Crippen molar-refractivity contribution in [3.63, 3.8) is 0 Å². The van der Waals surface area contributed by atoms with Crippen LogP contribution in [0.1, 0.15) is 33.4 Å². The second kappa shape index (κ2) is 11.2. The van der Waals surface area contributed by atoms with Crippen molar-refractivity contribution in [2.75, 3.05) is 4.90 Å². The molecule has 0 unspecified atom stereocenters. The number of aryl methyl sites for hydroxylation is 2. The number of hydrogen-bond donors (Lipinski definition) is 0. The van der Waals surface area contributed by atoms with Gasteiger partial charge in [0.15, 0.2) is 0 Å². The van der Waals surface area contributed by atoms with E-state index in [-0.39, 0.29) is 0 Å². The van der Waals surface area contributed by atoms with Gasteiger partial charge in [-0.25, -0.2) is 0 Å². The third-order valence-corrected chi connectivity index (χ3v) is 11.7. The van der Waals surface area contributed by atoms with Crippen LogP contribution in [0.15, 0.2) is 182 Å². The van der Waals surface area contributed by atoms with Crippen molar-refractivity contribution in [1.82, 2.24) is 4.57 Å². The van der Waals surface area contributed by atoms with Crippen LogP contribution in [0, 0.1) is 13.8 Å². The number of fused-ring (bicyclic) bond motifs is 13. The van der Waals surface area contributed by atoms with Gasteiger partial charge >= 0.3 is 0 Å². The maximum Gasteiger partial charge on any atom is 0.0726 e.